The highest BCUT2D eigenvalue weighted by atomic mass is 35.5. The Balaban J connectivity index is 2.35. The number of sulfonamides is 1. The third-order valence-electron chi connectivity index (χ3n) is 3.20. The average Bonchev–Trinajstić information content (AvgIpc) is 2.73. The number of halogens is 2. The molecule has 0 amide bonds. The highest BCUT2D eigenvalue weighted by Gasteiger charge is 2.46. The minimum absolute atomic E-state index is 0.0310. The van der Waals surface area contributed by atoms with E-state index in [1.165, 1.54) is 6.07 Å². The Morgan fingerprint density at radius 1 is 1.50 bits per heavy atom. The van der Waals surface area contributed by atoms with Crippen molar-refractivity contribution in [2.45, 2.75) is 16.9 Å². The lowest BCUT2D eigenvalue weighted by Crippen LogP contribution is -2.50. The van der Waals surface area contributed by atoms with Crippen LogP contribution in [0.3, 0.4) is 0 Å². The first-order valence-electron chi connectivity index (χ1n) is 5.64. The minimum atomic E-state index is -4.13. The molecule has 6 nitrogen and oxygen atoms in total. The van der Waals surface area contributed by atoms with Gasteiger partial charge in [0, 0.05) is 18.1 Å². The molecule has 0 saturated carbocycles. The third-order valence-corrected chi connectivity index (χ3v) is 5.32. The van der Waals surface area contributed by atoms with E-state index in [-0.39, 0.29) is 18.0 Å². The van der Waals surface area contributed by atoms with E-state index in [0.717, 1.165) is 16.4 Å². The lowest BCUT2D eigenvalue weighted by Gasteiger charge is -2.20. The summed E-state index contributed by atoms with van der Waals surface area (Å²) in [5, 5.41) is 9.05. The number of benzene rings is 1. The van der Waals surface area contributed by atoms with E-state index in [1.54, 1.807) is 0 Å². The molecule has 1 fully saturated rings. The number of aliphatic carboxylic acids is 1. The van der Waals surface area contributed by atoms with Gasteiger partial charge in [-0.25, -0.2) is 12.8 Å². The van der Waals surface area contributed by atoms with Crippen LogP contribution in [0.4, 0.5) is 4.39 Å². The molecule has 110 valence electrons. The van der Waals surface area contributed by atoms with Crippen LogP contribution in [0.25, 0.3) is 0 Å². The van der Waals surface area contributed by atoms with Gasteiger partial charge in [0.1, 0.15) is 16.3 Å². The Hall–Kier alpha value is -1.22. The van der Waals surface area contributed by atoms with Crippen molar-refractivity contribution in [3.8, 4) is 0 Å². The van der Waals surface area contributed by atoms with Crippen LogP contribution in [0.5, 0.6) is 0 Å². The van der Waals surface area contributed by atoms with Crippen molar-refractivity contribution in [3.63, 3.8) is 0 Å². The van der Waals surface area contributed by atoms with E-state index in [0.29, 0.717) is 0 Å². The number of carboxylic acid groups (broad SMARTS) is 1. The molecule has 0 radical (unpaired) electrons. The summed E-state index contributed by atoms with van der Waals surface area (Å²) in [6, 6.07) is 3.18. The molecule has 3 N–H and O–H groups in total. The van der Waals surface area contributed by atoms with Crippen LogP contribution < -0.4 is 5.73 Å². The van der Waals surface area contributed by atoms with Crippen molar-refractivity contribution in [1.82, 2.24) is 4.31 Å². The van der Waals surface area contributed by atoms with E-state index >= 15 is 0 Å². The maximum Gasteiger partial charge on any atom is 0.325 e. The summed E-state index contributed by atoms with van der Waals surface area (Å²) < 4.78 is 39.1. The highest BCUT2D eigenvalue weighted by molar-refractivity contribution is 7.89. The number of rotatable bonds is 3. The van der Waals surface area contributed by atoms with Crippen LogP contribution in [-0.2, 0) is 14.8 Å². The van der Waals surface area contributed by atoms with Crippen LogP contribution in [0.1, 0.15) is 6.42 Å². The normalized spacial score (nSPS) is 23.9. The molecule has 1 saturated heterocycles. The fraction of sp³-hybridized carbons (Fsp3) is 0.364. The lowest BCUT2D eigenvalue weighted by molar-refractivity contribution is -0.142. The summed E-state index contributed by atoms with van der Waals surface area (Å²) in [6.45, 7) is -0.472. The highest BCUT2D eigenvalue weighted by Crippen LogP contribution is 2.28. The van der Waals surface area contributed by atoms with Gasteiger partial charge in [0.25, 0.3) is 0 Å². The van der Waals surface area contributed by atoms with Crippen molar-refractivity contribution < 1.29 is 22.7 Å². The zero-order chi connectivity index (χ0) is 15.1. The van der Waals surface area contributed by atoms with Crippen LogP contribution >= 0.6 is 11.6 Å². The first-order valence-corrected chi connectivity index (χ1v) is 7.46. The average molecular weight is 323 g/mol. The maximum atomic E-state index is 13.7. The van der Waals surface area contributed by atoms with Crippen LogP contribution in [0.2, 0.25) is 5.02 Å². The van der Waals surface area contributed by atoms with E-state index in [1.807, 2.05) is 0 Å². The van der Waals surface area contributed by atoms with Gasteiger partial charge in [-0.3, -0.25) is 4.79 Å². The van der Waals surface area contributed by atoms with Crippen molar-refractivity contribution in [2.24, 2.45) is 5.73 Å². The molecule has 1 aromatic carbocycles. The molecular weight excluding hydrogens is 311 g/mol. The molecule has 9 heteroatoms. The van der Waals surface area contributed by atoms with E-state index in [2.05, 4.69) is 0 Å². The molecule has 0 spiro atoms. The quantitative estimate of drug-likeness (QED) is 0.851. The molecule has 2 rings (SSSR count). The Labute approximate surface area is 120 Å². The van der Waals surface area contributed by atoms with Gasteiger partial charge in [-0.15, -0.1) is 0 Å². The monoisotopic (exact) mass is 322 g/mol. The molecular formula is C11H12ClFN2O4S. The third kappa shape index (κ3) is 2.51. The fourth-order valence-electron chi connectivity index (χ4n) is 2.00. The summed E-state index contributed by atoms with van der Waals surface area (Å²) in [5.41, 5.74) is 3.97. The summed E-state index contributed by atoms with van der Waals surface area (Å²) in [5.74, 6) is -2.27. The number of nitrogens with zero attached hydrogens (tertiary/aromatic N) is 1. The van der Waals surface area contributed by atoms with Crippen molar-refractivity contribution in [2.75, 3.05) is 13.1 Å². The SMILES string of the molecule is NC1(C(=O)O)CCN(S(=O)(=O)c2ccc(Cl)cc2F)C1. The summed E-state index contributed by atoms with van der Waals surface area (Å²) in [6.07, 6.45) is -0.0310. The molecule has 0 bridgehead atoms. The first kappa shape index (κ1) is 15.2. The van der Waals surface area contributed by atoms with Gasteiger partial charge in [0.15, 0.2) is 0 Å². The second kappa shape index (κ2) is 4.96. The maximum absolute atomic E-state index is 13.7. The standard InChI is InChI=1S/C11H12ClFN2O4S/c12-7-1-2-9(8(13)5-7)20(18,19)15-4-3-11(14,6-15)10(16)17/h1-2,5H,3-4,6,14H2,(H,16,17). The van der Waals surface area contributed by atoms with Gasteiger partial charge in [-0.1, -0.05) is 11.6 Å². The van der Waals surface area contributed by atoms with E-state index in [9.17, 15) is 17.6 Å². The van der Waals surface area contributed by atoms with Crippen LogP contribution in [0, 0.1) is 5.82 Å². The molecule has 1 aromatic rings. The summed E-state index contributed by atoms with van der Waals surface area (Å²) >= 11 is 5.57. The number of hydrogen-bond acceptors (Lipinski definition) is 4. The van der Waals surface area contributed by atoms with Gasteiger partial charge in [-0.2, -0.15) is 4.31 Å². The predicted octanol–water partition coefficient (Wildman–Crippen LogP) is 0.656. The fourth-order valence-corrected chi connectivity index (χ4v) is 3.71. The minimum Gasteiger partial charge on any atom is -0.480 e. The predicted molar refractivity (Wildman–Crippen MR) is 69.3 cm³/mol. The zero-order valence-corrected chi connectivity index (χ0v) is 11.8. The van der Waals surface area contributed by atoms with Crippen LogP contribution in [0.15, 0.2) is 23.1 Å². The molecule has 1 heterocycles. The molecule has 20 heavy (non-hydrogen) atoms. The molecule has 1 aliphatic rings. The molecule has 1 unspecified atom stereocenters. The smallest absolute Gasteiger partial charge is 0.325 e. The van der Waals surface area contributed by atoms with Crippen molar-refractivity contribution in [1.29, 1.82) is 0 Å². The van der Waals surface area contributed by atoms with Gasteiger partial charge >= 0.3 is 5.97 Å². The lowest BCUT2D eigenvalue weighted by atomic mass is 10.0. The Morgan fingerprint density at radius 3 is 2.65 bits per heavy atom. The van der Waals surface area contributed by atoms with E-state index in [4.69, 9.17) is 22.4 Å². The number of carboxylic acids is 1. The topological polar surface area (TPSA) is 101 Å². The number of carbonyl (C=O) groups is 1. The Morgan fingerprint density at radius 2 is 2.15 bits per heavy atom. The van der Waals surface area contributed by atoms with Gasteiger partial charge in [-0.05, 0) is 24.6 Å². The largest absolute Gasteiger partial charge is 0.480 e. The summed E-state index contributed by atoms with van der Waals surface area (Å²) in [4.78, 5) is 10.5. The molecule has 0 aliphatic carbocycles. The van der Waals surface area contributed by atoms with Gasteiger partial charge in [0.05, 0.1) is 0 Å². The molecule has 1 aliphatic heterocycles. The summed E-state index contributed by atoms with van der Waals surface area (Å²) in [7, 11) is -4.13. The molecule has 1 atom stereocenters. The number of nitrogens with two attached hydrogens (primary N) is 1. The first-order chi connectivity index (χ1) is 9.17. The van der Waals surface area contributed by atoms with Gasteiger partial charge < -0.3 is 10.8 Å². The Kier molecular flexibility index (Phi) is 3.76. The van der Waals surface area contributed by atoms with Gasteiger partial charge in [0.2, 0.25) is 10.0 Å². The van der Waals surface area contributed by atoms with E-state index < -0.39 is 38.8 Å². The number of hydrogen-bond donors (Lipinski definition) is 2. The second-order valence-electron chi connectivity index (χ2n) is 4.62. The van der Waals surface area contributed by atoms with Crippen molar-refractivity contribution in [3.05, 3.63) is 29.0 Å². The zero-order valence-electron chi connectivity index (χ0n) is 10.2. The van der Waals surface area contributed by atoms with Crippen LogP contribution in [-0.4, -0.2) is 42.4 Å². The Bertz CT molecular complexity index is 666. The molecule has 0 aromatic heterocycles. The second-order valence-corrected chi connectivity index (χ2v) is 6.97. The van der Waals surface area contributed by atoms with Crippen molar-refractivity contribution >= 4 is 27.6 Å².